The number of urea groups is 1. The first kappa shape index (κ1) is 23.4. The molecule has 36 heavy (non-hydrogen) atoms. The van der Waals surface area contributed by atoms with Crippen LogP contribution >= 0.6 is 0 Å². The Balaban J connectivity index is 1.49. The quantitative estimate of drug-likeness (QED) is 0.309. The summed E-state index contributed by atoms with van der Waals surface area (Å²) in [4.78, 5) is 41.2. The Kier molecular flexibility index (Phi) is 5.84. The molecule has 1 aromatic heterocycles. The third-order valence-corrected chi connectivity index (χ3v) is 6.82. The van der Waals surface area contributed by atoms with Gasteiger partial charge < -0.3 is 14.6 Å². The van der Waals surface area contributed by atoms with Crippen molar-refractivity contribution in [2.24, 2.45) is 7.05 Å². The Morgan fingerprint density at radius 1 is 0.944 bits per heavy atom. The Labute approximate surface area is 209 Å². The van der Waals surface area contributed by atoms with Gasteiger partial charge in [0.05, 0.1) is 24.9 Å². The standard InChI is InChI=1S/C29H27N3O4/c1-29(17-20-13-7-10-16-24(20)36-3)27(34)32(28(35)30-29)18-23(33)25-21-14-8-9-15-22(21)31(2)26(25)19-11-5-4-6-12-19/h4-16H,17-18H2,1-3H3,(H,30,35)/t29-/m0/s1. The highest BCUT2D eigenvalue weighted by Crippen LogP contribution is 2.34. The van der Waals surface area contributed by atoms with Gasteiger partial charge >= 0.3 is 6.03 Å². The van der Waals surface area contributed by atoms with Crippen molar-refractivity contribution in [2.45, 2.75) is 18.9 Å². The monoisotopic (exact) mass is 481 g/mol. The molecule has 3 amide bonds. The molecule has 182 valence electrons. The minimum absolute atomic E-state index is 0.246. The minimum Gasteiger partial charge on any atom is -0.496 e. The first-order valence-corrected chi connectivity index (χ1v) is 11.8. The second-order valence-electron chi connectivity index (χ2n) is 9.23. The van der Waals surface area contributed by atoms with E-state index < -0.39 is 17.5 Å². The second kappa shape index (κ2) is 9.00. The molecule has 5 rings (SSSR count). The SMILES string of the molecule is COc1ccccc1C[C@]1(C)NC(=O)N(CC(=O)c2c(-c3ccccc3)n(C)c3ccccc23)C1=O. The molecule has 1 atom stereocenters. The van der Waals surface area contributed by atoms with Crippen molar-refractivity contribution in [3.8, 4) is 17.0 Å². The number of nitrogens with zero attached hydrogens (tertiary/aromatic N) is 2. The van der Waals surface area contributed by atoms with Gasteiger partial charge in [0.2, 0.25) is 0 Å². The van der Waals surface area contributed by atoms with Gasteiger partial charge in [0.1, 0.15) is 11.3 Å². The summed E-state index contributed by atoms with van der Waals surface area (Å²) in [5.41, 5.74) is 2.65. The number of hydrogen-bond acceptors (Lipinski definition) is 4. The number of rotatable bonds is 7. The number of imide groups is 1. The lowest BCUT2D eigenvalue weighted by Gasteiger charge is -2.22. The lowest BCUT2D eigenvalue weighted by Crippen LogP contribution is -2.46. The number of amides is 3. The zero-order chi connectivity index (χ0) is 25.4. The van der Waals surface area contributed by atoms with E-state index in [1.807, 2.05) is 90.5 Å². The lowest BCUT2D eigenvalue weighted by atomic mass is 9.92. The maximum atomic E-state index is 13.8. The number of carbonyl (C=O) groups is 3. The Morgan fingerprint density at radius 2 is 1.61 bits per heavy atom. The number of benzene rings is 3. The molecule has 1 N–H and O–H groups in total. The molecule has 7 nitrogen and oxygen atoms in total. The van der Waals surface area contributed by atoms with Crippen LogP contribution in [0.2, 0.25) is 0 Å². The summed E-state index contributed by atoms with van der Waals surface area (Å²) in [6.07, 6.45) is 0.246. The molecule has 1 aliphatic rings. The molecule has 4 aromatic rings. The van der Waals surface area contributed by atoms with E-state index in [4.69, 9.17) is 4.74 Å². The second-order valence-corrected chi connectivity index (χ2v) is 9.23. The van der Waals surface area contributed by atoms with Gasteiger partial charge in [0, 0.05) is 24.4 Å². The molecule has 0 bridgehead atoms. The number of carbonyl (C=O) groups excluding carboxylic acids is 3. The number of Topliss-reactive ketones (excluding diaryl/α,β-unsaturated/α-hetero) is 1. The predicted octanol–water partition coefficient (Wildman–Crippen LogP) is 4.59. The van der Waals surface area contributed by atoms with Gasteiger partial charge in [-0.3, -0.25) is 14.5 Å². The summed E-state index contributed by atoms with van der Waals surface area (Å²) in [7, 11) is 3.48. The molecular weight excluding hydrogens is 454 g/mol. The van der Waals surface area contributed by atoms with Gasteiger partial charge in [-0.05, 0) is 30.2 Å². The maximum absolute atomic E-state index is 13.8. The van der Waals surface area contributed by atoms with E-state index in [-0.39, 0.29) is 18.7 Å². The molecule has 0 unspecified atom stereocenters. The molecule has 0 saturated carbocycles. The largest absolute Gasteiger partial charge is 0.496 e. The number of aryl methyl sites for hydroxylation is 1. The van der Waals surface area contributed by atoms with Crippen LogP contribution < -0.4 is 10.1 Å². The predicted molar refractivity (Wildman–Crippen MR) is 138 cm³/mol. The normalized spacial score (nSPS) is 17.5. The van der Waals surface area contributed by atoms with Crippen LogP contribution in [0.25, 0.3) is 22.2 Å². The van der Waals surface area contributed by atoms with E-state index in [1.165, 1.54) is 0 Å². The molecule has 1 aliphatic heterocycles. The fourth-order valence-corrected chi connectivity index (χ4v) is 5.07. The number of ketones is 1. The van der Waals surface area contributed by atoms with Gasteiger partial charge in [-0.1, -0.05) is 66.7 Å². The highest BCUT2D eigenvalue weighted by molar-refractivity contribution is 6.17. The zero-order valence-corrected chi connectivity index (χ0v) is 20.4. The molecule has 0 radical (unpaired) electrons. The summed E-state index contributed by atoms with van der Waals surface area (Å²) >= 11 is 0. The average molecular weight is 482 g/mol. The summed E-state index contributed by atoms with van der Waals surface area (Å²) < 4.78 is 7.40. The van der Waals surface area contributed by atoms with Crippen LogP contribution in [0.5, 0.6) is 5.75 Å². The van der Waals surface area contributed by atoms with Gasteiger partial charge in [-0.15, -0.1) is 0 Å². The van der Waals surface area contributed by atoms with Crippen molar-refractivity contribution in [1.29, 1.82) is 0 Å². The van der Waals surface area contributed by atoms with Crippen LogP contribution in [0.15, 0.2) is 78.9 Å². The first-order chi connectivity index (χ1) is 17.3. The van der Waals surface area contributed by atoms with Crippen molar-refractivity contribution in [3.05, 3.63) is 90.0 Å². The summed E-state index contributed by atoms with van der Waals surface area (Å²) in [5.74, 6) is -0.0949. The van der Waals surface area contributed by atoms with Crippen LogP contribution in [-0.4, -0.2) is 46.4 Å². The van der Waals surface area contributed by atoms with Gasteiger partial charge in [-0.2, -0.15) is 0 Å². The molecule has 2 heterocycles. The number of methoxy groups -OCH3 is 1. The van der Waals surface area contributed by atoms with Crippen molar-refractivity contribution in [3.63, 3.8) is 0 Å². The molecule has 1 saturated heterocycles. The van der Waals surface area contributed by atoms with E-state index >= 15 is 0 Å². The van der Waals surface area contributed by atoms with Crippen LogP contribution in [0, 0.1) is 0 Å². The Morgan fingerprint density at radius 3 is 2.36 bits per heavy atom. The number of nitrogens with one attached hydrogen (secondary N) is 1. The first-order valence-electron chi connectivity index (χ1n) is 11.8. The van der Waals surface area contributed by atoms with Crippen LogP contribution in [0.3, 0.4) is 0 Å². The smallest absolute Gasteiger partial charge is 0.325 e. The van der Waals surface area contributed by atoms with Crippen molar-refractivity contribution < 1.29 is 19.1 Å². The van der Waals surface area contributed by atoms with Gasteiger partial charge in [-0.25, -0.2) is 4.79 Å². The molecular formula is C29H27N3O4. The molecule has 7 heteroatoms. The number of para-hydroxylation sites is 2. The fraction of sp³-hybridized carbons (Fsp3) is 0.207. The summed E-state index contributed by atoms with van der Waals surface area (Å²) in [6.45, 7) is 1.33. The maximum Gasteiger partial charge on any atom is 0.325 e. The Bertz CT molecular complexity index is 1490. The summed E-state index contributed by atoms with van der Waals surface area (Å²) in [6, 6.07) is 24.1. The molecule has 3 aromatic carbocycles. The van der Waals surface area contributed by atoms with Gasteiger partial charge in [0.15, 0.2) is 5.78 Å². The van der Waals surface area contributed by atoms with E-state index in [0.717, 1.165) is 32.6 Å². The average Bonchev–Trinajstić information content (AvgIpc) is 3.30. The van der Waals surface area contributed by atoms with E-state index in [9.17, 15) is 14.4 Å². The number of aromatic nitrogens is 1. The molecule has 1 fully saturated rings. The number of ether oxygens (including phenoxy) is 1. The van der Waals surface area contributed by atoms with E-state index in [0.29, 0.717) is 11.3 Å². The minimum atomic E-state index is -1.19. The van der Waals surface area contributed by atoms with Crippen LogP contribution in [0.1, 0.15) is 22.8 Å². The third kappa shape index (κ3) is 3.82. The number of hydrogen-bond donors (Lipinski definition) is 1. The lowest BCUT2D eigenvalue weighted by molar-refractivity contribution is -0.130. The highest BCUT2D eigenvalue weighted by atomic mass is 16.5. The van der Waals surface area contributed by atoms with Gasteiger partial charge in [0.25, 0.3) is 5.91 Å². The highest BCUT2D eigenvalue weighted by Gasteiger charge is 2.48. The summed E-state index contributed by atoms with van der Waals surface area (Å²) in [5, 5.41) is 3.58. The third-order valence-electron chi connectivity index (χ3n) is 6.82. The van der Waals surface area contributed by atoms with E-state index in [1.54, 1.807) is 14.0 Å². The zero-order valence-electron chi connectivity index (χ0n) is 20.4. The van der Waals surface area contributed by atoms with Crippen molar-refractivity contribution in [1.82, 2.24) is 14.8 Å². The number of fused-ring (bicyclic) bond motifs is 1. The van der Waals surface area contributed by atoms with Crippen molar-refractivity contribution >= 4 is 28.6 Å². The topological polar surface area (TPSA) is 80.6 Å². The molecule has 0 aliphatic carbocycles. The molecule has 0 spiro atoms. The van der Waals surface area contributed by atoms with E-state index in [2.05, 4.69) is 5.32 Å². The Hall–Kier alpha value is -4.39. The van der Waals surface area contributed by atoms with Crippen LogP contribution in [0.4, 0.5) is 4.79 Å². The fourth-order valence-electron chi connectivity index (χ4n) is 5.07. The van der Waals surface area contributed by atoms with Crippen LogP contribution in [-0.2, 0) is 18.3 Å². The van der Waals surface area contributed by atoms with Crippen molar-refractivity contribution in [2.75, 3.05) is 13.7 Å².